The minimum Gasteiger partial charge on any atom is -0.497 e. The molecule has 0 saturated carbocycles. The van der Waals surface area contributed by atoms with Crippen LogP contribution in [0.3, 0.4) is 0 Å². The van der Waals surface area contributed by atoms with Gasteiger partial charge in [0.25, 0.3) is 5.91 Å². The highest BCUT2D eigenvalue weighted by Crippen LogP contribution is 2.13. The Hall–Kier alpha value is -2.67. The quantitative estimate of drug-likeness (QED) is 0.853. The van der Waals surface area contributed by atoms with E-state index in [9.17, 15) is 4.79 Å². The van der Waals surface area contributed by atoms with E-state index in [4.69, 9.17) is 9.47 Å². The zero-order valence-electron chi connectivity index (χ0n) is 14.3. The van der Waals surface area contributed by atoms with E-state index in [1.165, 1.54) is 0 Å². The van der Waals surface area contributed by atoms with Crippen molar-refractivity contribution in [2.45, 2.75) is 6.42 Å². The van der Waals surface area contributed by atoms with Crippen LogP contribution in [0.2, 0.25) is 0 Å². The lowest BCUT2D eigenvalue weighted by Gasteiger charge is -2.26. The molecule has 2 aromatic rings. The van der Waals surface area contributed by atoms with Crippen LogP contribution in [0, 0.1) is 0 Å². The third-order valence-electron chi connectivity index (χ3n) is 4.03. The van der Waals surface area contributed by atoms with Crippen molar-refractivity contribution in [2.75, 3.05) is 44.9 Å². The lowest BCUT2D eigenvalue weighted by Crippen LogP contribution is -2.37. The number of hydrogen-bond donors (Lipinski definition) is 1. The third-order valence-corrected chi connectivity index (χ3v) is 4.03. The molecular formula is C18H22N4O3. The lowest BCUT2D eigenvalue weighted by atomic mass is 10.1. The van der Waals surface area contributed by atoms with Crippen LogP contribution in [0.25, 0.3) is 0 Å². The second-order valence-corrected chi connectivity index (χ2v) is 5.73. The van der Waals surface area contributed by atoms with Gasteiger partial charge in [0, 0.05) is 32.0 Å². The number of benzene rings is 1. The van der Waals surface area contributed by atoms with Gasteiger partial charge < -0.3 is 19.7 Å². The summed E-state index contributed by atoms with van der Waals surface area (Å²) in [7, 11) is 1.64. The number of rotatable bonds is 6. The molecule has 1 aliphatic rings. The highest BCUT2D eigenvalue weighted by Gasteiger charge is 2.14. The van der Waals surface area contributed by atoms with Gasteiger partial charge in [-0.2, -0.15) is 0 Å². The number of anilines is 1. The van der Waals surface area contributed by atoms with Crippen LogP contribution in [0.15, 0.2) is 36.7 Å². The molecule has 0 spiro atoms. The smallest absolute Gasteiger partial charge is 0.254 e. The van der Waals surface area contributed by atoms with Crippen LogP contribution in [0.4, 0.5) is 5.95 Å². The first-order valence-electron chi connectivity index (χ1n) is 8.32. The van der Waals surface area contributed by atoms with Crippen LogP contribution >= 0.6 is 0 Å². The van der Waals surface area contributed by atoms with Crippen LogP contribution < -0.4 is 15.0 Å². The zero-order chi connectivity index (χ0) is 17.5. The topological polar surface area (TPSA) is 76.6 Å². The van der Waals surface area contributed by atoms with Gasteiger partial charge in [-0.3, -0.25) is 4.79 Å². The number of hydrogen-bond acceptors (Lipinski definition) is 6. The molecule has 7 nitrogen and oxygen atoms in total. The third kappa shape index (κ3) is 4.67. The van der Waals surface area contributed by atoms with E-state index < -0.39 is 0 Å². The maximum absolute atomic E-state index is 12.2. The number of carbonyl (C=O) groups excluding carboxylic acids is 1. The van der Waals surface area contributed by atoms with Crippen molar-refractivity contribution in [1.29, 1.82) is 0 Å². The number of nitrogens with one attached hydrogen (secondary N) is 1. The largest absolute Gasteiger partial charge is 0.497 e. The first kappa shape index (κ1) is 17.2. The maximum Gasteiger partial charge on any atom is 0.254 e. The van der Waals surface area contributed by atoms with Crippen molar-refractivity contribution < 1.29 is 14.3 Å². The van der Waals surface area contributed by atoms with Gasteiger partial charge in [0.05, 0.1) is 25.9 Å². The van der Waals surface area contributed by atoms with Gasteiger partial charge in [0.15, 0.2) is 0 Å². The molecule has 2 heterocycles. The summed E-state index contributed by atoms with van der Waals surface area (Å²) in [6.45, 7) is 3.43. The van der Waals surface area contributed by atoms with Gasteiger partial charge in [-0.1, -0.05) is 12.1 Å². The van der Waals surface area contributed by atoms with E-state index >= 15 is 0 Å². The van der Waals surface area contributed by atoms with Crippen molar-refractivity contribution in [1.82, 2.24) is 15.3 Å². The van der Waals surface area contributed by atoms with Crippen LogP contribution in [-0.2, 0) is 11.2 Å². The average molecular weight is 342 g/mol. The Morgan fingerprint density at radius 3 is 2.76 bits per heavy atom. The monoisotopic (exact) mass is 342 g/mol. The van der Waals surface area contributed by atoms with Crippen LogP contribution in [0.1, 0.15) is 15.9 Å². The second kappa shape index (κ2) is 8.43. The number of morpholine rings is 1. The molecule has 1 amide bonds. The standard InChI is InChI=1S/C18H22N4O3/c1-24-16-4-2-3-14(11-16)5-6-19-17(23)15-12-20-18(21-13-15)22-7-9-25-10-8-22/h2-4,11-13H,5-10H2,1H3,(H,19,23). The highest BCUT2D eigenvalue weighted by atomic mass is 16.5. The molecule has 1 saturated heterocycles. The summed E-state index contributed by atoms with van der Waals surface area (Å²) >= 11 is 0. The molecule has 0 radical (unpaired) electrons. The summed E-state index contributed by atoms with van der Waals surface area (Å²) in [6.07, 6.45) is 3.87. The minimum absolute atomic E-state index is 0.170. The predicted molar refractivity (Wildman–Crippen MR) is 94.1 cm³/mol. The lowest BCUT2D eigenvalue weighted by molar-refractivity contribution is 0.0953. The highest BCUT2D eigenvalue weighted by molar-refractivity contribution is 5.93. The Morgan fingerprint density at radius 2 is 2.04 bits per heavy atom. The Kier molecular flexibility index (Phi) is 5.79. The number of nitrogens with zero attached hydrogens (tertiary/aromatic N) is 3. The molecule has 1 fully saturated rings. The molecule has 1 N–H and O–H groups in total. The molecule has 132 valence electrons. The number of ether oxygens (including phenoxy) is 2. The van der Waals surface area contributed by atoms with Gasteiger partial charge in [-0.25, -0.2) is 9.97 Å². The van der Waals surface area contributed by atoms with Crippen molar-refractivity contribution >= 4 is 11.9 Å². The first-order valence-corrected chi connectivity index (χ1v) is 8.32. The fraction of sp³-hybridized carbons (Fsp3) is 0.389. The second-order valence-electron chi connectivity index (χ2n) is 5.73. The van der Waals surface area contributed by atoms with Crippen molar-refractivity contribution in [2.24, 2.45) is 0 Å². The van der Waals surface area contributed by atoms with Gasteiger partial charge in [0.2, 0.25) is 5.95 Å². The van der Waals surface area contributed by atoms with Crippen molar-refractivity contribution in [3.05, 3.63) is 47.8 Å². The molecule has 1 aromatic carbocycles. The summed E-state index contributed by atoms with van der Waals surface area (Å²) in [6, 6.07) is 7.81. The zero-order valence-corrected chi connectivity index (χ0v) is 14.3. The molecule has 0 bridgehead atoms. The Balaban J connectivity index is 1.50. The Bertz CT molecular complexity index is 700. The molecule has 1 aliphatic heterocycles. The van der Waals surface area contributed by atoms with Gasteiger partial charge in [-0.05, 0) is 24.1 Å². The SMILES string of the molecule is COc1cccc(CCNC(=O)c2cnc(N3CCOCC3)nc2)c1. The van der Waals surface area contributed by atoms with E-state index in [1.807, 2.05) is 29.2 Å². The molecule has 3 rings (SSSR count). The average Bonchev–Trinajstić information content (AvgIpc) is 2.69. The maximum atomic E-state index is 12.2. The minimum atomic E-state index is -0.170. The first-order chi connectivity index (χ1) is 12.3. The van der Waals surface area contributed by atoms with E-state index in [0.717, 1.165) is 30.8 Å². The van der Waals surface area contributed by atoms with E-state index in [1.54, 1.807) is 19.5 Å². The van der Waals surface area contributed by atoms with E-state index in [2.05, 4.69) is 15.3 Å². The van der Waals surface area contributed by atoms with Crippen molar-refractivity contribution in [3.63, 3.8) is 0 Å². The van der Waals surface area contributed by atoms with Crippen LogP contribution in [-0.4, -0.2) is 55.8 Å². The van der Waals surface area contributed by atoms with Crippen LogP contribution in [0.5, 0.6) is 5.75 Å². The van der Waals surface area contributed by atoms with Gasteiger partial charge in [0.1, 0.15) is 5.75 Å². The Labute approximate surface area is 147 Å². The summed E-state index contributed by atoms with van der Waals surface area (Å²) in [4.78, 5) is 22.8. The summed E-state index contributed by atoms with van der Waals surface area (Å²) < 4.78 is 10.5. The molecule has 7 heteroatoms. The van der Waals surface area contributed by atoms with E-state index in [0.29, 0.717) is 31.3 Å². The molecular weight excluding hydrogens is 320 g/mol. The molecule has 1 aromatic heterocycles. The molecule has 0 unspecified atom stereocenters. The molecule has 0 aliphatic carbocycles. The van der Waals surface area contributed by atoms with Crippen molar-refractivity contribution in [3.8, 4) is 5.75 Å². The number of amides is 1. The predicted octanol–water partition coefficient (Wildman–Crippen LogP) is 1.29. The normalized spacial score (nSPS) is 14.2. The number of methoxy groups -OCH3 is 1. The summed E-state index contributed by atoms with van der Waals surface area (Å²) in [5.41, 5.74) is 1.57. The van der Waals surface area contributed by atoms with Gasteiger partial charge in [-0.15, -0.1) is 0 Å². The summed E-state index contributed by atoms with van der Waals surface area (Å²) in [5.74, 6) is 1.28. The fourth-order valence-corrected chi connectivity index (χ4v) is 2.62. The number of aromatic nitrogens is 2. The Morgan fingerprint density at radius 1 is 1.28 bits per heavy atom. The fourth-order valence-electron chi connectivity index (χ4n) is 2.62. The summed E-state index contributed by atoms with van der Waals surface area (Å²) in [5, 5.41) is 2.89. The van der Waals surface area contributed by atoms with E-state index in [-0.39, 0.29) is 5.91 Å². The molecule has 25 heavy (non-hydrogen) atoms. The molecule has 0 atom stereocenters. The number of carbonyl (C=O) groups is 1. The van der Waals surface area contributed by atoms with Gasteiger partial charge >= 0.3 is 0 Å².